The summed E-state index contributed by atoms with van der Waals surface area (Å²) in [5.41, 5.74) is -0.0629. The highest BCUT2D eigenvalue weighted by Gasteiger charge is 2.07. The van der Waals surface area contributed by atoms with Crippen LogP contribution in [0.25, 0.3) is 5.69 Å². The Morgan fingerprint density at radius 3 is 2.79 bits per heavy atom. The van der Waals surface area contributed by atoms with Crippen molar-refractivity contribution in [3.05, 3.63) is 38.7 Å². The first-order valence-electron chi connectivity index (χ1n) is 3.64. The number of hydrogen-bond donors (Lipinski definition) is 1. The molecular weight excluding hydrogens is 227 g/mol. The van der Waals surface area contributed by atoms with Crippen molar-refractivity contribution < 1.29 is 0 Å². The van der Waals surface area contributed by atoms with Gasteiger partial charge in [-0.1, -0.05) is 23.2 Å². The molecule has 0 unspecified atom stereocenters. The third kappa shape index (κ3) is 1.51. The van der Waals surface area contributed by atoms with Crippen LogP contribution in [0.15, 0.2) is 23.0 Å². The minimum absolute atomic E-state index is 0.380. The number of halogens is 2. The summed E-state index contributed by atoms with van der Waals surface area (Å²) in [6.07, 6.45) is 0. The summed E-state index contributed by atoms with van der Waals surface area (Å²) in [6, 6.07) is 4.74. The van der Waals surface area contributed by atoms with E-state index in [0.717, 1.165) is 4.68 Å². The molecule has 0 fully saturated rings. The first kappa shape index (κ1) is 9.23. The van der Waals surface area contributed by atoms with Gasteiger partial charge in [-0.05, 0) is 28.6 Å². The van der Waals surface area contributed by atoms with E-state index in [1.807, 2.05) is 0 Å². The van der Waals surface area contributed by atoms with Crippen molar-refractivity contribution >= 4 is 23.2 Å². The van der Waals surface area contributed by atoms with Gasteiger partial charge >= 0.3 is 5.69 Å². The predicted octanol–water partition coefficient (Wildman–Crippen LogP) is 1.26. The van der Waals surface area contributed by atoms with Crippen molar-refractivity contribution in [3.8, 4) is 5.69 Å². The topological polar surface area (TPSA) is 63.6 Å². The van der Waals surface area contributed by atoms with E-state index in [0.29, 0.717) is 15.7 Å². The lowest BCUT2D eigenvalue weighted by Gasteiger charge is -2.01. The molecule has 1 N–H and O–H groups in total. The van der Waals surface area contributed by atoms with Gasteiger partial charge in [-0.25, -0.2) is 9.89 Å². The van der Waals surface area contributed by atoms with E-state index in [1.54, 1.807) is 12.1 Å². The Kier molecular flexibility index (Phi) is 2.26. The quantitative estimate of drug-likeness (QED) is 0.803. The molecule has 2 rings (SSSR count). The van der Waals surface area contributed by atoms with E-state index in [9.17, 15) is 4.79 Å². The zero-order chi connectivity index (χ0) is 10.1. The first-order valence-corrected chi connectivity index (χ1v) is 4.40. The van der Waals surface area contributed by atoms with Crippen LogP contribution in [0.5, 0.6) is 0 Å². The fourth-order valence-corrected chi connectivity index (χ4v) is 1.37. The van der Waals surface area contributed by atoms with Gasteiger partial charge in [0, 0.05) is 5.02 Å². The second-order valence-electron chi connectivity index (χ2n) is 2.51. The molecule has 7 heteroatoms. The van der Waals surface area contributed by atoms with E-state index in [2.05, 4.69) is 15.5 Å². The highest BCUT2D eigenvalue weighted by molar-refractivity contribution is 6.34. The SMILES string of the molecule is O=c1[nH]nnn1-c1cc(Cl)ccc1Cl. The van der Waals surface area contributed by atoms with Crippen LogP contribution in [-0.4, -0.2) is 20.2 Å². The van der Waals surface area contributed by atoms with Crippen molar-refractivity contribution in [2.75, 3.05) is 0 Å². The largest absolute Gasteiger partial charge is 0.365 e. The Bertz CT molecular complexity index is 518. The van der Waals surface area contributed by atoms with Gasteiger partial charge < -0.3 is 0 Å². The summed E-state index contributed by atoms with van der Waals surface area (Å²) in [4.78, 5) is 11.2. The number of aromatic amines is 1. The van der Waals surface area contributed by atoms with Gasteiger partial charge in [0.25, 0.3) is 0 Å². The second-order valence-corrected chi connectivity index (χ2v) is 3.36. The molecule has 5 nitrogen and oxygen atoms in total. The Morgan fingerprint density at radius 1 is 1.36 bits per heavy atom. The molecule has 2 aromatic rings. The smallest absolute Gasteiger partial charge is 0.244 e. The average Bonchev–Trinajstić information content (AvgIpc) is 2.56. The van der Waals surface area contributed by atoms with Gasteiger partial charge in [0.05, 0.1) is 10.7 Å². The van der Waals surface area contributed by atoms with Gasteiger partial charge in [0.2, 0.25) is 0 Å². The standard InChI is InChI=1S/C7H4Cl2N4O/c8-4-1-2-5(9)6(3-4)13-7(14)10-11-12-13/h1-3H,(H,10,12,14). The van der Waals surface area contributed by atoms with E-state index >= 15 is 0 Å². The molecule has 1 heterocycles. The van der Waals surface area contributed by atoms with Gasteiger partial charge in [-0.2, -0.15) is 4.68 Å². The van der Waals surface area contributed by atoms with E-state index in [-0.39, 0.29) is 0 Å². The lowest BCUT2D eigenvalue weighted by Crippen LogP contribution is -2.16. The van der Waals surface area contributed by atoms with Crippen LogP contribution in [0.2, 0.25) is 10.0 Å². The Labute approximate surface area is 88.2 Å². The summed E-state index contributed by atoms with van der Waals surface area (Å²) in [7, 11) is 0. The van der Waals surface area contributed by atoms with E-state index in [1.165, 1.54) is 6.07 Å². The molecule has 72 valence electrons. The lowest BCUT2D eigenvalue weighted by molar-refractivity contribution is 0.780. The van der Waals surface area contributed by atoms with Crippen LogP contribution >= 0.6 is 23.2 Å². The van der Waals surface area contributed by atoms with Crippen LogP contribution in [0.1, 0.15) is 0 Å². The summed E-state index contributed by atoms with van der Waals surface area (Å²) in [6.45, 7) is 0. The number of benzene rings is 1. The molecular formula is C7H4Cl2N4O. The minimum Gasteiger partial charge on any atom is -0.244 e. The normalized spacial score (nSPS) is 10.4. The number of aromatic nitrogens is 4. The van der Waals surface area contributed by atoms with Crippen LogP contribution in [-0.2, 0) is 0 Å². The number of hydrogen-bond acceptors (Lipinski definition) is 3. The maximum atomic E-state index is 11.2. The van der Waals surface area contributed by atoms with Gasteiger partial charge in [-0.15, -0.1) is 0 Å². The van der Waals surface area contributed by atoms with Gasteiger partial charge in [-0.3, -0.25) is 0 Å². The molecule has 0 aliphatic rings. The molecule has 0 spiro atoms. The Balaban J connectivity index is 2.68. The fraction of sp³-hybridized carbons (Fsp3) is 0. The van der Waals surface area contributed by atoms with Crippen LogP contribution < -0.4 is 5.69 Å². The molecule has 1 aromatic heterocycles. The van der Waals surface area contributed by atoms with Crippen molar-refractivity contribution in [2.24, 2.45) is 0 Å². The highest BCUT2D eigenvalue weighted by atomic mass is 35.5. The van der Waals surface area contributed by atoms with Crippen molar-refractivity contribution in [2.45, 2.75) is 0 Å². The molecule has 0 radical (unpaired) electrons. The fourth-order valence-electron chi connectivity index (χ4n) is 1.00. The Hall–Kier alpha value is -1.33. The first-order chi connectivity index (χ1) is 6.68. The van der Waals surface area contributed by atoms with E-state index < -0.39 is 5.69 Å². The monoisotopic (exact) mass is 230 g/mol. The molecule has 0 amide bonds. The minimum atomic E-state index is -0.464. The lowest BCUT2D eigenvalue weighted by atomic mass is 10.3. The molecule has 0 atom stereocenters. The summed E-state index contributed by atoms with van der Waals surface area (Å²) in [5.74, 6) is 0. The number of rotatable bonds is 1. The average molecular weight is 231 g/mol. The summed E-state index contributed by atoms with van der Waals surface area (Å²) >= 11 is 11.6. The molecule has 0 aliphatic heterocycles. The zero-order valence-electron chi connectivity index (χ0n) is 6.74. The Morgan fingerprint density at radius 2 is 2.14 bits per heavy atom. The maximum absolute atomic E-state index is 11.2. The van der Waals surface area contributed by atoms with Gasteiger partial charge in [0.15, 0.2) is 0 Å². The zero-order valence-corrected chi connectivity index (χ0v) is 8.25. The predicted molar refractivity (Wildman–Crippen MR) is 52.0 cm³/mol. The number of tetrazole rings is 1. The highest BCUT2D eigenvalue weighted by Crippen LogP contribution is 2.22. The third-order valence-corrected chi connectivity index (χ3v) is 2.16. The van der Waals surface area contributed by atoms with E-state index in [4.69, 9.17) is 23.2 Å². The number of nitrogens with one attached hydrogen (secondary N) is 1. The van der Waals surface area contributed by atoms with Crippen molar-refractivity contribution in [1.82, 2.24) is 20.2 Å². The molecule has 0 saturated heterocycles. The van der Waals surface area contributed by atoms with Crippen LogP contribution in [0, 0.1) is 0 Å². The van der Waals surface area contributed by atoms with Crippen LogP contribution in [0.3, 0.4) is 0 Å². The second kappa shape index (κ2) is 3.43. The molecule has 0 bridgehead atoms. The summed E-state index contributed by atoms with van der Waals surface area (Å²) in [5, 5.41) is 9.90. The number of nitrogens with zero attached hydrogens (tertiary/aromatic N) is 3. The maximum Gasteiger partial charge on any atom is 0.365 e. The third-order valence-electron chi connectivity index (χ3n) is 1.61. The molecule has 0 saturated carbocycles. The van der Waals surface area contributed by atoms with Crippen molar-refractivity contribution in [1.29, 1.82) is 0 Å². The van der Waals surface area contributed by atoms with Crippen molar-refractivity contribution in [3.63, 3.8) is 0 Å². The summed E-state index contributed by atoms with van der Waals surface area (Å²) < 4.78 is 1.04. The van der Waals surface area contributed by atoms with Gasteiger partial charge in [0.1, 0.15) is 0 Å². The number of H-pyrrole nitrogens is 1. The molecule has 0 aliphatic carbocycles. The molecule has 1 aromatic carbocycles. The molecule has 14 heavy (non-hydrogen) atoms. The van der Waals surface area contributed by atoms with Crippen LogP contribution in [0.4, 0.5) is 0 Å².